The largest absolute Gasteiger partial charge is 0.478 e. The molecule has 6 heteroatoms. The zero-order valence-corrected chi connectivity index (χ0v) is 10.7. The van der Waals surface area contributed by atoms with Crippen LogP contribution in [0.3, 0.4) is 0 Å². The van der Waals surface area contributed by atoms with E-state index in [1.54, 1.807) is 0 Å². The van der Waals surface area contributed by atoms with Crippen LogP contribution in [-0.4, -0.2) is 11.1 Å². The van der Waals surface area contributed by atoms with E-state index in [2.05, 4.69) is 11.9 Å². The number of benzene rings is 2. The molecule has 0 saturated heterocycles. The Kier molecular flexibility index (Phi) is 3.98. The van der Waals surface area contributed by atoms with E-state index in [0.717, 1.165) is 12.1 Å². The zero-order chi connectivity index (χ0) is 15.6. The summed E-state index contributed by atoms with van der Waals surface area (Å²) in [6.45, 7) is 3.47. The van der Waals surface area contributed by atoms with Crippen LogP contribution in [0.15, 0.2) is 36.9 Å². The van der Waals surface area contributed by atoms with E-state index in [-0.39, 0.29) is 5.69 Å². The lowest BCUT2D eigenvalue weighted by Gasteiger charge is -2.12. The lowest BCUT2D eigenvalue weighted by atomic mass is 10.1. The van der Waals surface area contributed by atoms with E-state index in [1.165, 1.54) is 18.2 Å². The van der Waals surface area contributed by atoms with Crippen LogP contribution in [0.5, 0.6) is 0 Å². The summed E-state index contributed by atoms with van der Waals surface area (Å²) in [7, 11) is 0. The summed E-state index contributed by atoms with van der Waals surface area (Å²) in [4.78, 5) is 11.0. The number of carboxylic acids is 1. The number of rotatable bonds is 4. The van der Waals surface area contributed by atoms with Crippen molar-refractivity contribution in [1.29, 1.82) is 0 Å². The highest BCUT2D eigenvalue weighted by molar-refractivity contribution is 5.95. The zero-order valence-electron chi connectivity index (χ0n) is 10.7. The highest BCUT2D eigenvalue weighted by atomic mass is 19.2. The molecule has 0 aliphatic rings. The van der Waals surface area contributed by atoms with Gasteiger partial charge in [0.15, 0.2) is 11.6 Å². The van der Waals surface area contributed by atoms with Gasteiger partial charge in [-0.3, -0.25) is 0 Å². The first kappa shape index (κ1) is 14.6. The van der Waals surface area contributed by atoms with Crippen LogP contribution in [0.2, 0.25) is 0 Å². The van der Waals surface area contributed by atoms with Crippen LogP contribution in [0.25, 0.3) is 6.08 Å². The first-order valence-corrected chi connectivity index (χ1v) is 5.84. The van der Waals surface area contributed by atoms with Crippen LogP contribution < -0.4 is 5.32 Å². The summed E-state index contributed by atoms with van der Waals surface area (Å²) < 4.78 is 40.8. The standard InChI is InChI=1S/C15H10F3NO2/c1-2-8-3-6-12(11(17)7-8)19-14-9(15(20)21)4-5-10(16)13(14)18/h2-7,19H,1H2,(H,20,21). The van der Waals surface area contributed by atoms with Crippen molar-refractivity contribution in [2.75, 3.05) is 5.32 Å². The summed E-state index contributed by atoms with van der Waals surface area (Å²) in [6, 6.07) is 5.51. The number of anilines is 2. The Morgan fingerprint density at radius 1 is 1.14 bits per heavy atom. The fourth-order valence-electron chi connectivity index (χ4n) is 1.75. The molecule has 2 aromatic carbocycles. The average Bonchev–Trinajstić information content (AvgIpc) is 2.45. The SMILES string of the molecule is C=Cc1ccc(Nc2c(C(=O)O)ccc(F)c2F)c(F)c1. The molecule has 0 bridgehead atoms. The van der Waals surface area contributed by atoms with E-state index in [9.17, 15) is 18.0 Å². The highest BCUT2D eigenvalue weighted by Gasteiger charge is 2.19. The van der Waals surface area contributed by atoms with E-state index in [4.69, 9.17) is 5.11 Å². The first-order valence-electron chi connectivity index (χ1n) is 5.84. The van der Waals surface area contributed by atoms with Crippen molar-refractivity contribution in [2.45, 2.75) is 0 Å². The van der Waals surface area contributed by atoms with Crippen molar-refractivity contribution in [2.24, 2.45) is 0 Å². The molecule has 0 atom stereocenters. The predicted molar refractivity (Wildman–Crippen MR) is 73.1 cm³/mol. The second-order valence-corrected chi connectivity index (χ2v) is 4.16. The molecule has 0 aliphatic carbocycles. The number of hydrogen-bond donors (Lipinski definition) is 2. The van der Waals surface area contributed by atoms with Gasteiger partial charge in [-0.1, -0.05) is 18.7 Å². The van der Waals surface area contributed by atoms with Crippen molar-refractivity contribution < 1.29 is 23.1 Å². The first-order chi connectivity index (χ1) is 9.93. The molecule has 0 heterocycles. The maximum Gasteiger partial charge on any atom is 0.337 e. The molecule has 0 amide bonds. The highest BCUT2D eigenvalue weighted by Crippen LogP contribution is 2.28. The molecule has 0 spiro atoms. The molecule has 21 heavy (non-hydrogen) atoms. The van der Waals surface area contributed by atoms with Crippen LogP contribution in [0.4, 0.5) is 24.5 Å². The quantitative estimate of drug-likeness (QED) is 0.888. The fraction of sp³-hybridized carbons (Fsp3) is 0. The lowest BCUT2D eigenvalue weighted by Crippen LogP contribution is -2.07. The molecule has 0 fully saturated rings. The van der Waals surface area contributed by atoms with Gasteiger partial charge in [-0.2, -0.15) is 0 Å². The molecular weight excluding hydrogens is 283 g/mol. The smallest absolute Gasteiger partial charge is 0.337 e. The molecule has 2 rings (SSSR count). The Hall–Kier alpha value is -2.76. The maximum atomic E-state index is 13.8. The third kappa shape index (κ3) is 2.89. The van der Waals surface area contributed by atoms with E-state index in [1.807, 2.05) is 0 Å². The van der Waals surface area contributed by atoms with Crippen molar-refractivity contribution in [3.05, 3.63) is 65.5 Å². The van der Waals surface area contributed by atoms with E-state index >= 15 is 0 Å². The van der Waals surface area contributed by atoms with Crippen LogP contribution in [0.1, 0.15) is 15.9 Å². The second kappa shape index (κ2) is 5.70. The topological polar surface area (TPSA) is 49.3 Å². The van der Waals surface area contributed by atoms with E-state index in [0.29, 0.717) is 11.6 Å². The third-order valence-corrected chi connectivity index (χ3v) is 2.81. The Bertz CT molecular complexity index is 729. The Labute approximate surface area is 118 Å². The molecule has 0 unspecified atom stereocenters. The van der Waals surface area contributed by atoms with Crippen LogP contribution in [0, 0.1) is 17.5 Å². The minimum atomic E-state index is -1.46. The Balaban J connectivity index is 2.50. The molecule has 0 aromatic heterocycles. The molecule has 3 nitrogen and oxygen atoms in total. The molecule has 0 radical (unpaired) electrons. The van der Waals surface area contributed by atoms with Gasteiger partial charge < -0.3 is 10.4 Å². The van der Waals surface area contributed by atoms with Crippen LogP contribution in [-0.2, 0) is 0 Å². The van der Waals surface area contributed by atoms with Gasteiger partial charge in [-0.05, 0) is 29.8 Å². The normalized spacial score (nSPS) is 10.2. The van der Waals surface area contributed by atoms with Crippen molar-refractivity contribution in [3.8, 4) is 0 Å². The maximum absolute atomic E-state index is 13.8. The Morgan fingerprint density at radius 3 is 2.43 bits per heavy atom. The second-order valence-electron chi connectivity index (χ2n) is 4.16. The fourth-order valence-corrected chi connectivity index (χ4v) is 1.75. The summed E-state index contributed by atoms with van der Waals surface area (Å²) >= 11 is 0. The number of aromatic carboxylic acids is 1. The van der Waals surface area contributed by atoms with E-state index < -0.39 is 34.7 Å². The number of halogens is 3. The molecule has 0 saturated carbocycles. The van der Waals surface area contributed by atoms with Gasteiger partial charge in [0.05, 0.1) is 16.9 Å². The number of carbonyl (C=O) groups is 1. The van der Waals surface area contributed by atoms with Gasteiger partial charge in [0.2, 0.25) is 0 Å². The summed E-state index contributed by atoms with van der Waals surface area (Å²) in [5, 5.41) is 11.3. The van der Waals surface area contributed by atoms with Gasteiger partial charge in [-0.25, -0.2) is 18.0 Å². The van der Waals surface area contributed by atoms with Crippen molar-refractivity contribution in [3.63, 3.8) is 0 Å². The summed E-state index contributed by atoms with van der Waals surface area (Å²) in [5.74, 6) is -4.82. The predicted octanol–water partition coefficient (Wildman–Crippen LogP) is 4.19. The van der Waals surface area contributed by atoms with Crippen LogP contribution >= 0.6 is 0 Å². The number of hydrogen-bond acceptors (Lipinski definition) is 2. The summed E-state index contributed by atoms with van der Waals surface area (Å²) in [5.41, 5.74) is -0.808. The molecule has 108 valence electrons. The van der Waals surface area contributed by atoms with Crippen molar-refractivity contribution in [1.82, 2.24) is 0 Å². The van der Waals surface area contributed by atoms with Gasteiger partial charge >= 0.3 is 5.97 Å². The molecule has 2 N–H and O–H groups in total. The number of carboxylic acid groups (broad SMARTS) is 1. The minimum Gasteiger partial charge on any atom is -0.478 e. The molecule has 0 aliphatic heterocycles. The van der Waals surface area contributed by atoms with Gasteiger partial charge in [0, 0.05) is 0 Å². The lowest BCUT2D eigenvalue weighted by molar-refractivity contribution is 0.0697. The Morgan fingerprint density at radius 2 is 1.86 bits per heavy atom. The van der Waals surface area contributed by atoms with Gasteiger partial charge in [0.1, 0.15) is 5.82 Å². The monoisotopic (exact) mass is 293 g/mol. The van der Waals surface area contributed by atoms with Gasteiger partial charge in [-0.15, -0.1) is 0 Å². The van der Waals surface area contributed by atoms with Crippen molar-refractivity contribution >= 4 is 23.4 Å². The average molecular weight is 293 g/mol. The molecule has 2 aromatic rings. The third-order valence-electron chi connectivity index (χ3n) is 2.81. The number of nitrogens with one attached hydrogen (secondary N) is 1. The summed E-state index contributed by atoms with van der Waals surface area (Å²) in [6.07, 6.45) is 1.41. The van der Waals surface area contributed by atoms with Gasteiger partial charge in [0.25, 0.3) is 0 Å². The minimum absolute atomic E-state index is 0.174. The molecular formula is C15H10F3NO2.